The van der Waals surface area contributed by atoms with E-state index < -0.39 is 11.7 Å². The summed E-state index contributed by atoms with van der Waals surface area (Å²) >= 11 is 5.96. The fraction of sp³-hybridized carbons (Fsp3) is 0.615. The van der Waals surface area contributed by atoms with Gasteiger partial charge in [0.1, 0.15) is 18.5 Å². The molecule has 0 aromatic rings. The molecule has 106 valence electrons. The molecule has 2 aliphatic rings. The number of primary amides is 1. The Kier molecular flexibility index (Phi) is 4.18. The zero-order valence-electron chi connectivity index (χ0n) is 11.1. The first kappa shape index (κ1) is 14.4. The molecule has 1 heterocycles. The summed E-state index contributed by atoms with van der Waals surface area (Å²) in [6.07, 6.45) is 2.60. The number of halogens is 1. The number of ether oxygens (including phenoxy) is 3. The van der Waals surface area contributed by atoms with Crippen LogP contribution in [0, 0.1) is 0 Å². The van der Waals surface area contributed by atoms with Crippen LogP contribution in [0.15, 0.2) is 22.4 Å². The van der Waals surface area contributed by atoms with Gasteiger partial charge in [-0.15, -0.1) is 0 Å². The monoisotopic (exact) mass is 287 g/mol. The third-order valence-electron chi connectivity index (χ3n) is 2.99. The van der Waals surface area contributed by atoms with E-state index in [2.05, 4.69) is 0 Å². The van der Waals surface area contributed by atoms with Crippen molar-refractivity contribution in [3.63, 3.8) is 0 Å². The molecule has 1 saturated heterocycles. The first-order valence-electron chi connectivity index (χ1n) is 6.21. The van der Waals surface area contributed by atoms with Gasteiger partial charge in [-0.3, -0.25) is 4.79 Å². The number of nitrogens with two attached hydrogens (primary N) is 1. The van der Waals surface area contributed by atoms with E-state index in [1.807, 2.05) is 13.8 Å². The van der Waals surface area contributed by atoms with E-state index in [-0.39, 0.29) is 6.10 Å². The number of allylic oxidation sites excluding steroid dienone is 2. The van der Waals surface area contributed by atoms with Crippen LogP contribution < -0.4 is 5.73 Å². The summed E-state index contributed by atoms with van der Waals surface area (Å²) in [5.74, 6) is -0.619. The molecular weight excluding hydrogens is 270 g/mol. The Morgan fingerprint density at radius 1 is 1.58 bits per heavy atom. The van der Waals surface area contributed by atoms with Gasteiger partial charge in [0.2, 0.25) is 5.91 Å². The van der Waals surface area contributed by atoms with E-state index in [4.69, 9.17) is 31.5 Å². The Morgan fingerprint density at radius 2 is 2.32 bits per heavy atom. The van der Waals surface area contributed by atoms with Crippen molar-refractivity contribution in [3.8, 4) is 0 Å². The lowest BCUT2D eigenvalue weighted by Gasteiger charge is -2.19. The van der Waals surface area contributed by atoms with Crippen LogP contribution in [0.5, 0.6) is 0 Å². The van der Waals surface area contributed by atoms with Gasteiger partial charge in [0.25, 0.3) is 0 Å². The number of carbonyl (C=O) groups is 1. The Morgan fingerprint density at radius 3 is 2.89 bits per heavy atom. The summed E-state index contributed by atoms with van der Waals surface area (Å²) in [5, 5.41) is 0.656. The molecule has 0 bridgehead atoms. The van der Waals surface area contributed by atoms with Crippen LogP contribution in [-0.4, -0.2) is 31.0 Å². The van der Waals surface area contributed by atoms with E-state index in [1.54, 1.807) is 6.08 Å². The lowest BCUT2D eigenvalue weighted by Crippen LogP contribution is -2.25. The van der Waals surface area contributed by atoms with Crippen LogP contribution in [0.3, 0.4) is 0 Å². The van der Waals surface area contributed by atoms with Crippen LogP contribution >= 0.6 is 11.6 Å². The molecule has 19 heavy (non-hydrogen) atoms. The van der Waals surface area contributed by atoms with Gasteiger partial charge in [0.05, 0.1) is 12.2 Å². The molecular formula is C13H18ClNO4. The standard InChI is InChI=1S/C13H18ClNO4/c1-13(2)18-7-9(19-13)6-17-11-5-8(14)3-4-10(11)12(15)16/h5,9H,3-4,6-7H2,1-2H3,(H2,15,16)/t9-/m0/s1. The second-order valence-corrected chi connectivity index (χ2v) is 5.55. The summed E-state index contributed by atoms with van der Waals surface area (Å²) in [6.45, 7) is 4.46. The third kappa shape index (κ3) is 3.72. The molecule has 0 radical (unpaired) electrons. The summed E-state index contributed by atoms with van der Waals surface area (Å²) in [6, 6.07) is 0. The van der Waals surface area contributed by atoms with E-state index in [0.717, 1.165) is 0 Å². The zero-order chi connectivity index (χ0) is 14.0. The van der Waals surface area contributed by atoms with Gasteiger partial charge in [0.15, 0.2) is 5.79 Å². The van der Waals surface area contributed by atoms with Crippen LogP contribution in [0.1, 0.15) is 26.7 Å². The molecule has 1 aliphatic heterocycles. The molecule has 1 aliphatic carbocycles. The molecule has 5 nitrogen and oxygen atoms in total. The van der Waals surface area contributed by atoms with Crippen molar-refractivity contribution >= 4 is 17.5 Å². The van der Waals surface area contributed by atoms with Gasteiger partial charge in [-0.2, -0.15) is 0 Å². The van der Waals surface area contributed by atoms with Gasteiger partial charge in [-0.1, -0.05) is 11.6 Å². The molecule has 0 aromatic heterocycles. The Hall–Kier alpha value is -1.04. The lowest BCUT2D eigenvalue weighted by molar-refractivity contribution is -0.143. The van der Waals surface area contributed by atoms with Crippen LogP contribution in [0.4, 0.5) is 0 Å². The number of amides is 1. The van der Waals surface area contributed by atoms with Crippen molar-refractivity contribution in [3.05, 3.63) is 22.4 Å². The van der Waals surface area contributed by atoms with Crippen LogP contribution in [0.25, 0.3) is 0 Å². The molecule has 6 heteroatoms. The highest BCUT2D eigenvalue weighted by Gasteiger charge is 2.33. The Bertz CT molecular complexity index is 442. The normalized spacial score (nSPS) is 26.3. The van der Waals surface area contributed by atoms with Crippen LogP contribution in [0.2, 0.25) is 0 Å². The summed E-state index contributed by atoms with van der Waals surface area (Å²) in [5.41, 5.74) is 5.80. The fourth-order valence-electron chi connectivity index (χ4n) is 2.07. The molecule has 0 unspecified atom stereocenters. The summed E-state index contributed by atoms with van der Waals surface area (Å²) in [4.78, 5) is 11.3. The Balaban J connectivity index is 1.99. The number of rotatable bonds is 4. The highest BCUT2D eigenvalue weighted by atomic mass is 35.5. The topological polar surface area (TPSA) is 70.8 Å². The van der Waals surface area contributed by atoms with Gasteiger partial charge in [-0.05, 0) is 32.8 Å². The van der Waals surface area contributed by atoms with Gasteiger partial charge >= 0.3 is 0 Å². The highest BCUT2D eigenvalue weighted by molar-refractivity contribution is 6.30. The smallest absolute Gasteiger partial charge is 0.248 e. The molecule has 2 rings (SSSR count). The molecule has 1 fully saturated rings. The van der Waals surface area contributed by atoms with E-state index in [9.17, 15) is 4.79 Å². The summed E-state index contributed by atoms with van der Waals surface area (Å²) < 4.78 is 16.7. The zero-order valence-corrected chi connectivity index (χ0v) is 11.8. The molecule has 1 amide bonds. The first-order chi connectivity index (χ1) is 8.87. The predicted molar refractivity (Wildman–Crippen MR) is 70.2 cm³/mol. The second-order valence-electron chi connectivity index (χ2n) is 5.06. The molecule has 0 saturated carbocycles. The van der Waals surface area contributed by atoms with Crippen molar-refractivity contribution in [1.29, 1.82) is 0 Å². The van der Waals surface area contributed by atoms with Crippen molar-refractivity contribution in [1.82, 2.24) is 0 Å². The number of hydrogen-bond acceptors (Lipinski definition) is 4. The average Bonchev–Trinajstić information content (AvgIpc) is 2.66. The van der Waals surface area contributed by atoms with Gasteiger partial charge in [0, 0.05) is 5.03 Å². The minimum Gasteiger partial charge on any atom is -0.490 e. The van der Waals surface area contributed by atoms with E-state index in [1.165, 1.54) is 0 Å². The predicted octanol–water partition coefficient (Wildman–Crippen LogP) is 1.81. The lowest BCUT2D eigenvalue weighted by atomic mass is 10.0. The molecule has 0 aromatic carbocycles. The second kappa shape index (κ2) is 5.53. The molecule has 0 spiro atoms. The van der Waals surface area contributed by atoms with Crippen molar-refractivity contribution < 1.29 is 19.0 Å². The molecule has 2 N–H and O–H groups in total. The first-order valence-corrected chi connectivity index (χ1v) is 6.59. The average molecular weight is 288 g/mol. The maximum atomic E-state index is 11.3. The molecule has 1 atom stereocenters. The minimum absolute atomic E-state index is 0.161. The Labute approximate surface area is 117 Å². The van der Waals surface area contributed by atoms with Crippen LogP contribution in [-0.2, 0) is 19.0 Å². The van der Waals surface area contributed by atoms with Crippen molar-refractivity contribution in [2.24, 2.45) is 5.73 Å². The third-order valence-corrected chi connectivity index (χ3v) is 3.29. The summed E-state index contributed by atoms with van der Waals surface area (Å²) in [7, 11) is 0. The number of carbonyl (C=O) groups excluding carboxylic acids is 1. The van der Waals surface area contributed by atoms with E-state index >= 15 is 0 Å². The highest BCUT2D eigenvalue weighted by Crippen LogP contribution is 2.28. The maximum absolute atomic E-state index is 11.3. The van der Waals surface area contributed by atoms with Crippen molar-refractivity contribution in [2.75, 3.05) is 13.2 Å². The number of hydrogen-bond donors (Lipinski definition) is 1. The van der Waals surface area contributed by atoms with E-state index in [0.29, 0.717) is 42.4 Å². The fourth-order valence-corrected chi connectivity index (χ4v) is 2.26. The minimum atomic E-state index is -0.588. The largest absolute Gasteiger partial charge is 0.490 e. The van der Waals surface area contributed by atoms with Crippen molar-refractivity contribution in [2.45, 2.75) is 38.6 Å². The van der Waals surface area contributed by atoms with Gasteiger partial charge in [-0.25, -0.2) is 0 Å². The van der Waals surface area contributed by atoms with Gasteiger partial charge < -0.3 is 19.9 Å². The maximum Gasteiger partial charge on any atom is 0.248 e. The quantitative estimate of drug-likeness (QED) is 0.856. The SMILES string of the molecule is CC1(C)OC[C@H](COC2=C(C(N)=O)CCC(Cl)=C2)O1.